The van der Waals surface area contributed by atoms with Gasteiger partial charge in [-0.1, -0.05) is 24.3 Å². The molecule has 0 bridgehead atoms. The smallest absolute Gasteiger partial charge is 0.416 e. The molecule has 184 valence electrons. The van der Waals surface area contributed by atoms with Gasteiger partial charge in [-0.05, 0) is 48.9 Å². The lowest BCUT2D eigenvalue weighted by Crippen LogP contribution is -2.05. The number of ether oxygens (including phenoxy) is 1. The first-order chi connectivity index (χ1) is 17.7. The zero-order chi connectivity index (χ0) is 26.2. The summed E-state index contributed by atoms with van der Waals surface area (Å²) in [6.07, 6.45) is -3.00. The number of nitrogens with zero attached hydrogens (tertiary/aromatic N) is 2. The minimum Gasteiger partial charge on any atom is -0.488 e. The molecule has 3 aromatic carbocycles. The average Bonchev–Trinajstić information content (AvgIpc) is 3.27. The predicted molar refractivity (Wildman–Crippen MR) is 134 cm³/mol. The zero-order valence-electron chi connectivity index (χ0n) is 19.3. The molecule has 0 saturated heterocycles. The van der Waals surface area contributed by atoms with Crippen LogP contribution in [-0.4, -0.2) is 4.98 Å². The van der Waals surface area contributed by atoms with E-state index in [0.717, 1.165) is 22.7 Å². The van der Waals surface area contributed by atoms with Crippen LogP contribution in [0, 0.1) is 18.3 Å². The highest BCUT2D eigenvalue weighted by Crippen LogP contribution is 2.33. The van der Waals surface area contributed by atoms with Crippen LogP contribution in [0.25, 0.3) is 32.7 Å². The van der Waals surface area contributed by atoms with Crippen molar-refractivity contribution >= 4 is 22.3 Å². The number of hydrogen-bond acceptors (Lipinski definition) is 6. The molecular formula is C28H17F3N2O3S. The molecule has 37 heavy (non-hydrogen) atoms. The van der Waals surface area contributed by atoms with E-state index in [1.807, 2.05) is 13.0 Å². The molecule has 0 aliphatic carbocycles. The number of aromatic nitrogens is 1. The van der Waals surface area contributed by atoms with E-state index in [4.69, 9.17) is 14.4 Å². The van der Waals surface area contributed by atoms with Gasteiger partial charge in [0, 0.05) is 11.6 Å². The summed E-state index contributed by atoms with van der Waals surface area (Å²) in [7, 11) is 0. The Morgan fingerprint density at radius 2 is 1.73 bits per heavy atom. The summed E-state index contributed by atoms with van der Waals surface area (Å²) in [6, 6.07) is 18.6. The quantitative estimate of drug-likeness (QED) is 0.243. The molecule has 0 fully saturated rings. The molecule has 9 heteroatoms. The molecule has 5 aromatic rings. The number of fused-ring (bicyclic) bond motifs is 1. The second-order valence-electron chi connectivity index (χ2n) is 8.22. The van der Waals surface area contributed by atoms with Crippen molar-refractivity contribution in [3.05, 3.63) is 105 Å². The number of hydrogen-bond donors (Lipinski definition) is 0. The lowest BCUT2D eigenvalue weighted by atomic mass is 10.0. The van der Waals surface area contributed by atoms with Crippen LogP contribution in [0.15, 0.2) is 82.2 Å². The van der Waals surface area contributed by atoms with Gasteiger partial charge in [0.05, 0.1) is 38.7 Å². The van der Waals surface area contributed by atoms with Crippen LogP contribution in [0.1, 0.15) is 21.7 Å². The Labute approximate surface area is 213 Å². The van der Waals surface area contributed by atoms with Crippen molar-refractivity contribution in [2.45, 2.75) is 19.7 Å². The van der Waals surface area contributed by atoms with E-state index in [0.29, 0.717) is 44.0 Å². The molecule has 0 aliphatic heterocycles. The average molecular weight is 519 g/mol. The van der Waals surface area contributed by atoms with Gasteiger partial charge in [0.15, 0.2) is 5.43 Å². The summed E-state index contributed by atoms with van der Waals surface area (Å²) in [5.74, 6) is 0.491. The van der Waals surface area contributed by atoms with Crippen LogP contribution < -0.4 is 10.2 Å². The number of alkyl halides is 3. The summed E-state index contributed by atoms with van der Waals surface area (Å²) < 4.78 is 50.1. The van der Waals surface area contributed by atoms with Crippen molar-refractivity contribution < 1.29 is 22.3 Å². The van der Waals surface area contributed by atoms with E-state index < -0.39 is 11.7 Å². The van der Waals surface area contributed by atoms with Gasteiger partial charge in [0.1, 0.15) is 29.2 Å². The summed E-state index contributed by atoms with van der Waals surface area (Å²) >= 11 is 1.34. The Morgan fingerprint density at radius 1 is 1.03 bits per heavy atom. The molecule has 0 aliphatic rings. The second kappa shape index (κ2) is 9.56. The van der Waals surface area contributed by atoms with Crippen molar-refractivity contribution in [2.24, 2.45) is 0 Å². The second-order valence-corrected chi connectivity index (χ2v) is 9.30. The first-order valence-corrected chi connectivity index (χ1v) is 11.9. The molecule has 0 atom stereocenters. The zero-order valence-corrected chi connectivity index (χ0v) is 20.1. The van der Waals surface area contributed by atoms with Gasteiger partial charge >= 0.3 is 6.18 Å². The SMILES string of the molecule is Cc1nc(-c2ccc(C(F)(F)F)cc2)sc1COc1ccc2c(=O)c(-c3ccc(C#N)cc3)coc2c1. The fourth-order valence-corrected chi connectivity index (χ4v) is 4.74. The van der Waals surface area contributed by atoms with Crippen molar-refractivity contribution in [1.29, 1.82) is 5.26 Å². The maximum absolute atomic E-state index is 13.0. The standard InChI is InChI=1S/C28H17F3N2O3S/c1-16-25(37-27(33-16)19-6-8-20(9-7-19)28(29,30)31)15-35-21-10-11-22-24(12-21)36-14-23(26(22)34)18-4-2-17(13-32)3-5-18/h2-12,14H,15H2,1H3. The molecule has 2 heterocycles. The number of halogens is 3. The van der Waals surface area contributed by atoms with Gasteiger partial charge in [-0.25, -0.2) is 4.98 Å². The van der Waals surface area contributed by atoms with Crippen LogP contribution in [0.5, 0.6) is 5.75 Å². The third-order valence-electron chi connectivity index (χ3n) is 5.79. The lowest BCUT2D eigenvalue weighted by molar-refractivity contribution is -0.137. The summed E-state index contributed by atoms with van der Waals surface area (Å²) in [4.78, 5) is 18.3. The maximum atomic E-state index is 13.0. The summed E-state index contributed by atoms with van der Waals surface area (Å²) in [6.45, 7) is 2.01. The minimum absolute atomic E-state index is 0.197. The van der Waals surface area contributed by atoms with Crippen molar-refractivity contribution in [3.63, 3.8) is 0 Å². The Balaban J connectivity index is 1.34. The van der Waals surface area contributed by atoms with Crippen LogP contribution in [0.4, 0.5) is 13.2 Å². The van der Waals surface area contributed by atoms with Crippen molar-refractivity contribution in [2.75, 3.05) is 0 Å². The number of rotatable bonds is 5. The third-order valence-corrected chi connectivity index (χ3v) is 6.97. The van der Waals surface area contributed by atoms with Gasteiger partial charge in [-0.2, -0.15) is 18.4 Å². The monoisotopic (exact) mass is 518 g/mol. The fourth-order valence-electron chi connectivity index (χ4n) is 3.76. The Kier molecular flexibility index (Phi) is 6.27. The highest BCUT2D eigenvalue weighted by molar-refractivity contribution is 7.15. The molecule has 0 radical (unpaired) electrons. The third kappa shape index (κ3) is 4.97. The summed E-state index contributed by atoms with van der Waals surface area (Å²) in [5, 5.41) is 9.96. The van der Waals surface area contributed by atoms with Crippen LogP contribution >= 0.6 is 11.3 Å². The number of aryl methyl sites for hydroxylation is 1. The maximum Gasteiger partial charge on any atom is 0.416 e. The molecule has 0 spiro atoms. The molecule has 0 N–H and O–H groups in total. The van der Waals surface area contributed by atoms with E-state index in [-0.39, 0.29) is 12.0 Å². The fraction of sp³-hybridized carbons (Fsp3) is 0.107. The number of thiazole rings is 1. The molecule has 0 amide bonds. The molecule has 0 unspecified atom stereocenters. The molecular weight excluding hydrogens is 501 g/mol. The number of nitriles is 1. The van der Waals surface area contributed by atoms with Gasteiger partial charge in [0.25, 0.3) is 0 Å². The van der Waals surface area contributed by atoms with Gasteiger partial charge in [0.2, 0.25) is 0 Å². The van der Waals surface area contributed by atoms with Gasteiger partial charge in [-0.15, -0.1) is 11.3 Å². The molecule has 2 aromatic heterocycles. The molecule has 5 nitrogen and oxygen atoms in total. The minimum atomic E-state index is -4.39. The predicted octanol–water partition coefficient (Wildman–Crippen LogP) is 7.36. The molecule has 0 saturated carbocycles. The highest BCUT2D eigenvalue weighted by atomic mass is 32.1. The van der Waals surface area contributed by atoms with Crippen molar-refractivity contribution in [3.8, 4) is 33.5 Å². The molecule has 5 rings (SSSR count). The number of benzene rings is 3. The van der Waals surface area contributed by atoms with E-state index >= 15 is 0 Å². The van der Waals surface area contributed by atoms with Crippen LogP contribution in [0.2, 0.25) is 0 Å². The highest BCUT2D eigenvalue weighted by Gasteiger charge is 2.30. The lowest BCUT2D eigenvalue weighted by Gasteiger charge is -2.07. The normalized spacial score (nSPS) is 11.4. The van der Waals surface area contributed by atoms with Crippen LogP contribution in [0.3, 0.4) is 0 Å². The van der Waals surface area contributed by atoms with Gasteiger partial charge in [-0.3, -0.25) is 4.79 Å². The Hall–Kier alpha value is -4.42. The Bertz CT molecular complexity index is 1700. The first-order valence-electron chi connectivity index (χ1n) is 11.1. The van der Waals surface area contributed by atoms with E-state index in [1.54, 1.807) is 42.5 Å². The topological polar surface area (TPSA) is 76.1 Å². The summed E-state index contributed by atoms with van der Waals surface area (Å²) in [5.41, 5.74) is 2.32. The Morgan fingerprint density at radius 3 is 2.41 bits per heavy atom. The van der Waals surface area contributed by atoms with Gasteiger partial charge < -0.3 is 9.15 Å². The van der Waals surface area contributed by atoms with E-state index in [9.17, 15) is 18.0 Å². The first kappa shape index (κ1) is 24.3. The largest absolute Gasteiger partial charge is 0.488 e. The van der Waals surface area contributed by atoms with Crippen molar-refractivity contribution in [1.82, 2.24) is 4.98 Å². The van der Waals surface area contributed by atoms with E-state index in [2.05, 4.69) is 4.98 Å². The van der Waals surface area contributed by atoms with Crippen LogP contribution in [-0.2, 0) is 12.8 Å². The van der Waals surface area contributed by atoms with E-state index in [1.165, 1.54) is 29.7 Å².